The fraction of sp³-hybridized carbons (Fsp3) is 0.923. The first-order chi connectivity index (χ1) is 8.07. The second-order valence-corrected chi connectivity index (χ2v) is 5.73. The van der Waals surface area contributed by atoms with Gasteiger partial charge >= 0.3 is 0 Å². The van der Waals surface area contributed by atoms with Crippen LogP contribution in [0.25, 0.3) is 0 Å². The Labute approximate surface area is 103 Å². The van der Waals surface area contributed by atoms with Gasteiger partial charge in [-0.2, -0.15) is 0 Å². The summed E-state index contributed by atoms with van der Waals surface area (Å²) in [6.07, 6.45) is 5.36. The molecule has 0 spiro atoms. The van der Waals surface area contributed by atoms with E-state index in [4.69, 9.17) is 0 Å². The number of nitrogens with one attached hydrogen (secondary N) is 1. The average Bonchev–Trinajstić information content (AvgIpc) is 2.68. The molecule has 4 nitrogen and oxygen atoms in total. The molecule has 2 N–H and O–H groups in total. The van der Waals surface area contributed by atoms with E-state index >= 15 is 0 Å². The number of carbonyl (C=O) groups excluding carboxylic acids is 1. The summed E-state index contributed by atoms with van der Waals surface area (Å²) in [5, 5.41) is 13.3. The standard InChI is InChI=1S/C13H24N2O2/c1-13(17)5-3-8-15(9-6-13)12(16)10-11-4-2-7-14-11/h11,14,17H,2-10H2,1H3. The highest BCUT2D eigenvalue weighted by atomic mass is 16.3. The second kappa shape index (κ2) is 5.36. The second-order valence-electron chi connectivity index (χ2n) is 5.73. The third-order valence-corrected chi connectivity index (χ3v) is 4.00. The molecule has 0 aromatic rings. The van der Waals surface area contributed by atoms with E-state index in [0.717, 1.165) is 32.4 Å². The van der Waals surface area contributed by atoms with Gasteiger partial charge in [0.05, 0.1) is 5.60 Å². The van der Waals surface area contributed by atoms with Crippen molar-refractivity contribution in [2.45, 2.75) is 57.1 Å². The van der Waals surface area contributed by atoms with E-state index < -0.39 is 5.60 Å². The number of rotatable bonds is 2. The highest BCUT2D eigenvalue weighted by molar-refractivity contribution is 5.76. The molecule has 98 valence electrons. The third kappa shape index (κ3) is 3.68. The van der Waals surface area contributed by atoms with Crippen molar-refractivity contribution in [2.24, 2.45) is 0 Å². The van der Waals surface area contributed by atoms with Gasteiger partial charge in [-0.05, 0) is 45.6 Å². The Hall–Kier alpha value is -0.610. The molecular formula is C13H24N2O2. The largest absolute Gasteiger partial charge is 0.390 e. The van der Waals surface area contributed by atoms with Crippen LogP contribution in [0, 0.1) is 0 Å². The molecule has 2 saturated heterocycles. The number of hydrogen-bond donors (Lipinski definition) is 2. The van der Waals surface area contributed by atoms with Gasteiger partial charge in [-0.1, -0.05) is 0 Å². The highest BCUT2D eigenvalue weighted by Crippen LogP contribution is 2.22. The van der Waals surface area contributed by atoms with E-state index in [-0.39, 0.29) is 5.91 Å². The average molecular weight is 240 g/mol. The van der Waals surface area contributed by atoms with Crippen LogP contribution in [0.3, 0.4) is 0 Å². The fourth-order valence-corrected chi connectivity index (χ4v) is 2.78. The molecule has 4 heteroatoms. The van der Waals surface area contributed by atoms with Crippen LogP contribution in [0.2, 0.25) is 0 Å². The summed E-state index contributed by atoms with van der Waals surface area (Å²) in [4.78, 5) is 14.1. The van der Waals surface area contributed by atoms with Crippen molar-refractivity contribution in [3.63, 3.8) is 0 Å². The molecule has 0 aliphatic carbocycles. The van der Waals surface area contributed by atoms with Gasteiger partial charge in [0.1, 0.15) is 0 Å². The predicted molar refractivity (Wildman–Crippen MR) is 66.7 cm³/mol. The van der Waals surface area contributed by atoms with Crippen LogP contribution in [0.5, 0.6) is 0 Å². The lowest BCUT2D eigenvalue weighted by Gasteiger charge is -2.23. The van der Waals surface area contributed by atoms with Crippen molar-refractivity contribution in [1.29, 1.82) is 0 Å². The maximum Gasteiger partial charge on any atom is 0.224 e. The zero-order valence-corrected chi connectivity index (χ0v) is 10.7. The van der Waals surface area contributed by atoms with E-state index in [9.17, 15) is 9.90 Å². The van der Waals surface area contributed by atoms with Crippen LogP contribution in [-0.2, 0) is 4.79 Å². The minimum atomic E-state index is -0.583. The number of nitrogens with zero attached hydrogens (tertiary/aromatic N) is 1. The first-order valence-electron chi connectivity index (χ1n) is 6.80. The summed E-state index contributed by atoms with van der Waals surface area (Å²) in [7, 11) is 0. The quantitative estimate of drug-likeness (QED) is 0.754. The van der Waals surface area contributed by atoms with Gasteiger partial charge in [0.25, 0.3) is 0 Å². The monoisotopic (exact) mass is 240 g/mol. The summed E-state index contributed by atoms with van der Waals surface area (Å²) in [6, 6.07) is 0.381. The molecule has 0 radical (unpaired) electrons. The van der Waals surface area contributed by atoms with Crippen LogP contribution in [-0.4, -0.2) is 47.2 Å². The minimum Gasteiger partial charge on any atom is -0.390 e. The lowest BCUT2D eigenvalue weighted by molar-refractivity contribution is -0.131. The molecule has 2 fully saturated rings. The SMILES string of the molecule is CC1(O)CCCN(C(=O)CC2CCCN2)CC1. The molecule has 2 aliphatic heterocycles. The zero-order chi connectivity index (χ0) is 12.3. The van der Waals surface area contributed by atoms with Gasteiger partial charge in [-0.25, -0.2) is 0 Å². The van der Waals surface area contributed by atoms with Crippen molar-refractivity contribution < 1.29 is 9.90 Å². The lowest BCUT2D eigenvalue weighted by Crippen LogP contribution is -2.37. The normalized spacial score (nSPS) is 34.7. The van der Waals surface area contributed by atoms with Gasteiger partial charge in [0, 0.05) is 25.6 Å². The lowest BCUT2D eigenvalue weighted by atomic mass is 9.98. The fourth-order valence-electron chi connectivity index (χ4n) is 2.78. The van der Waals surface area contributed by atoms with E-state index in [2.05, 4.69) is 5.32 Å². The van der Waals surface area contributed by atoms with E-state index in [0.29, 0.717) is 25.4 Å². The van der Waals surface area contributed by atoms with Gasteiger partial charge in [0.15, 0.2) is 0 Å². The predicted octanol–water partition coefficient (Wildman–Crippen LogP) is 0.892. The molecule has 2 heterocycles. The van der Waals surface area contributed by atoms with Crippen molar-refractivity contribution in [1.82, 2.24) is 10.2 Å². The van der Waals surface area contributed by atoms with Crippen LogP contribution in [0.15, 0.2) is 0 Å². The molecule has 0 aromatic carbocycles. The summed E-state index contributed by atoms with van der Waals surface area (Å²) < 4.78 is 0. The zero-order valence-electron chi connectivity index (χ0n) is 10.7. The highest BCUT2D eigenvalue weighted by Gasteiger charge is 2.28. The molecule has 2 atom stereocenters. The first kappa shape index (κ1) is 12.8. The number of likely N-dealkylation sites (tertiary alicyclic amines) is 1. The Morgan fingerprint density at radius 3 is 2.94 bits per heavy atom. The van der Waals surface area contributed by atoms with Crippen molar-refractivity contribution in [3.05, 3.63) is 0 Å². The van der Waals surface area contributed by atoms with Crippen LogP contribution >= 0.6 is 0 Å². The molecule has 0 aromatic heterocycles. The Bertz CT molecular complexity index is 273. The number of hydrogen-bond acceptors (Lipinski definition) is 3. The third-order valence-electron chi connectivity index (χ3n) is 4.00. The number of aliphatic hydroxyl groups is 1. The minimum absolute atomic E-state index is 0.252. The summed E-state index contributed by atoms with van der Waals surface area (Å²) in [5.74, 6) is 0.252. The number of carbonyl (C=O) groups is 1. The van der Waals surface area contributed by atoms with Gasteiger partial charge in [0.2, 0.25) is 5.91 Å². The van der Waals surface area contributed by atoms with Gasteiger partial charge in [-0.3, -0.25) is 4.79 Å². The van der Waals surface area contributed by atoms with Crippen LogP contribution in [0.4, 0.5) is 0 Å². The first-order valence-corrected chi connectivity index (χ1v) is 6.80. The van der Waals surface area contributed by atoms with Crippen LogP contribution < -0.4 is 5.32 Å². The Kier molecular flexibility index (Phi) is 4.05. The molecule has 2 unspecified atom stereocenters. The van der Waals surface area contributed by atoms with Gasteiger partial charge < -0.3 is 15.3 Å². The Balaban J connectivity index is 1.82. The van der Waals surface area contributed by atoms with Crippen LogP contribution in [0.1, 0.15) is 45.4 Å². The van der Waals surface area contributed by atoms with Crippen molar-refractivity contribution in [2.75, 3.05) is 19.6 Å². The van der Waals surface area contributed by atoms with E-state index in [1.165, 1.54) is 6.42 Å². The molecule has 2 aliphatic rings. The molecular weight excluding hydrogens is 216 g/mol. The van der Waals surface area contributed by atoms with Crippen molar-refractivity contribution >= 4 is 5.91 Å². The molecule has 0 bridgehead atoms. The summed E-state index contributed by atoms with van der Waals surface area (Å²) in [6.45, 7) is 4.44. The van der Waals surface area contributed by atoms with E-state index in [1.807, 2.05) is 11.8 Å². The molecule has 1 amide bonds. The smallest absolute Gasteiger partial charge is 0.224 e. The molecule has 0 saturated carbocycles. The molecule has 2 rings (SSSR count). The van der Waals surface area contributed by atoms with Gasteiger partial charge in [-0.15, -0.1) is 0 Å². The maximum absolute atomic E-state index is 12.1. The Morgan fingerprint density at radius 2 is 2.24 bits per heavy atom. The Morgan fingerprint density at radius 1 is 1.41 bits per heavy atom. The topological polar surface area (TPSA) is 52.6 Å². The molecule has 17 heavy (non-hydrogen) atoms. The summed E-state index contributed by atoms with van der Waals surface area (Å²) in [5.41, 5.74) is -0.583. The van der Waals surface area contributed by atoms with Crippen molar-refractivity contribution in [3.8, 4) is 0 Å². The maximum atomic E-state index is 12.1. The number of amides is 1. The summed E-state index contributed by atoms with van der Waals surface area (Å²) >= 11 is 0. The van der Waals surface area contributed by atoms with E-state index in [1.54, 1.807) is 0 Å².